The molecule has 1 unspecified atom stereocenters. The van der Waals surface area contributed by atoms with Crippen LogP contribution < -0.4 is 10.2 Å². The molecule has 1 fully saturated rings. The maximum Gasteiger partial charge on any atom is 0.231 e. The molecular weight excluding hydrogens is 473 g/mol. The number of carbonyl (C=O) groups excluding carboxylic acids is 1. The number of piperazine rings is 1. The number of alkyl halides is 1. The van der Waals surface area contributed by atoms with Crippen LogP contribution in [0.15, 0.2) is 35.1 Å². The van der Waals surface area contributed by atoms with Crippen LogP contribution in [-0.2, 0) is 4.79 Å². The summed E-state index contributed by atoms with van der Waals surface area (Å²) in [6.45, 7) is 9.44. The van der Waals surface area contributed by atoms with Gasteiger partial charge in [-0.15, -0.1) is 0 Å². The van der Waals surface area contributed by atoms with E-state index in [9.17, 15) is 9.18 Å². The first-order valence-electron chi connectivity index (χ1n) is 11.4. The Bertz CT molecular complexity index is 946. The average molecular weight is 504 g/mol. The Balaban J connectivity index is 1.47. The van der Waals surface area contributed by atoms with Gasteiger partial charge in [-0.3, -0.25) is 4.79 Å². The molecule has 0 spiro atoms. The van der Waals surface area contributed by atoms with Crippen LogP contribution >= 0.6 is 15.9 Å². The Morgan fingerprint density at radius 2 is 1.88 bits per heavy atom. The zero-order chi connectivity index (χ0) is 22.8. The molecule has 1 N–H and O–H groups in total. The predicted octanol–water partition coefficient (Wildman–Crippen LogP) is 4.19. The van der Waals surface area contributed by atoms with Crippen LogP contribution in [0.1, 0.15) is 62.0 Å². The summed E-state index contributed by atoms with van der Waals surface area (Å²) in [4.78, 5) is 26.3. The molecule has 1 amide bonds. The quantitative estimate of drug-likeness (QED) is 0.640. The predicted molar refractivity (Wildman–Crippen MR) is 128 cm³/mol. The van der Waals surface area contributed by atoms with Crippen LogP contribution in [0.3, 0.4) is 0 Å². The van der Waals surface area contributed by atoms with Gasteiger partial charge in [-0.25, -0.2) is 14.4 Å². The summed E-state index contributed by atoms with van der Waals surface area (Å²) in [7, 11) is 0. The van der Waals surface area contributed by atoms with Gasteiger partial charge in [0.2, 0.25) is 5.91 Å². The molecule has 172 valence electrons. The molecule has 0 radical (unpaired) electrons. The van der Waals surface area contributed by atoms with E-state index in [1.54, 1.807) is 0 Å². The number of hydrogen-bond donors (Lipinski definition) is 1. The molecule has 32 heavy (non-hydrogen) atoms. The van der Waals surface area contributed by atoms with Crippen molar-refractivity contribution >= 4 is 27.7 Å². The van der Waals surface area contributed by atoms with Gasteiger partial charge in [0.05, 0.1) is 11.6 Å². The zero-order valence-corrected chi connectivity index (χ0v) is 20.5. The van der Waals surface area contributed by atoms with Gasteiger partial charge in [-0.2, -0.15) is 0 Å². The Morgan fingerprint density at radius 3 is 2.53 bits per heavy atom. The summed E-state index contributed by atoms with van der Waals surface area (Å²) in [5.41, 5.74) is 2.50. The van der Waals surface area contributed by atoms with Crippen LogP contribution in [0, 0.1) is 0 Å². The first-order chi connectivity index (χ1) is 15.3. The topological polar surface area (TPSA) is 61.4 Å². The highest BCUT2D eigenvalue weighted by molar-refractivity contribution is 9.10. The second kappa shape index (κ2) is 9.83. The molecule has 8 heteroatoms. The molecule has 2 aromatic rings. The molecule has 4 rings (SSSR count). The van der Waals surface area contributed by atoms with Gasteiger partial charge in [0.15, 0.2) is 0 Å². The maximum absolute atomic E-state index is 14.3. The van der Waals surface area contributed by atoms with Crippen LogP contribution in [0.2, 0.25) is 0 Å². The van der Waals surface area contributed by atoms with E-state index in [1.807, 2.05) is 36.1 Å². The van der Waals surface area contributed by atoms with Gasteiger partial charge in [-0.05, 0) is 30.0 Å². The average Bonchev–Trinajstić information content (AvgIpc) is 3.08. The van der Waals surface area contributed by atoms with E-state index >= 15 is 0 Å². The third-order valence-electron chi connectivity index (χ3n) is 6.44. The van der Waals surface area contributed by atoms with Gasteiger partial charge < -0.3 is 15.1 Å². The van der Waals surface area contributed by atoms with Crippen LogP contribution in [-0.4, -0.2) is 59.5 Å². The summed E-state index contributed by atoms with van der Waals surface area (Å²) < 4.78 is 15.3. The molecule has 3 atom stereocenters. The van der Waals surface area contributed by atoms with Gasteiger partial charge in [0.25, 0.3) is 0 Å². The van der Waals surface area contributed by atoms with Crippen molar-refractivity contribution in [1.82, 2.24) is 20.2 Å². The fraction of sp³-hybridized carbons (Fsp3) is 0.542. The number of nitrogens with zero attached hydrogens (tertiary/aromatic N) is 4. The second-order valence-electron chi connectivity index (χ2n) is 9.08. The highest BCUT2D eigenvalue weighted by Crippen LogP contribution is 2.44. The molecule has 1 aliphatic heterocycles. The zero-order valence-electron chi connectivity index (χ0n) is 18.9. The van der Waals surface area contributed by atoms with Crippen molar-refractivity contribution < 1.29 is 9.18 Å². The van der Waals surface area contributed by atoms with E-state index in [0.29, 0.717) is 50.9 Å². The largest absolute Gasteiger partial charge is 0.353 e. The van der Waals surface area contributed by atoms with Crippen molar-refractivity contribution in [3.63, 3.8) is 0 Å². The Hall–Kier alpha value is -2.06. The number of carbonyl (C=O) groups is 1. The van der Waals surface area contributed by atoms with E-state index < -0.39 is 6.17 Å². The molecule has 1 saturated heterocycles. The number of hydrogen-bond acceptors (Lipinski definition) is 5. The number of amides is 1. The number of rotatable bonds is 6. The summed E-state index contributed by atoms with van der Waals surface area (Å²) in [6.07, 6.45) is 0.930. The maximum atomic E-state index is 14.3. The first kappa shape index (κ1) is 23.1. The lowest BCUT2D eigenvalue weighted by atomic mass is 9.96. The molecule has 0 saturated carbocycles. The van der Waals surface area contributed by atoms with Gasteiger partial charge in [0.1, 0.15) is 18.3 Å². The molecule has 1 aromatic carbocycles. The monoisotopic (exact) mass is 503 g/mol. The number of aromatic nitrogens is 2. The molecule has 2 aliphatic rings. The minimum atomic E-state index is -1.01. The van der Waals surface area contributed by atoms with E-state index in [1.165, 1.54) is 6.33 Å². The van der Waals surface area contributed by atoms with Gasteiger partial charge in [-0.1, -0.05) is 48.8 Å². The number of benzene rings is 1. The molecule has 1 aromatic heterocycles. The molecule has 1 aliphatic carbocycles. The molecular formula is C24H31BrFN5O. The normalized spacial score (nSPS) is 21.7. The van der Waals surface area contributed by atoms with Crippen molar-refractivity contribution in [2.24, 2.45) is 0 Å². The first-order valence-corrected chi connectivity index (χ1v) is 12.2. The lowest BCUT2D eigenvalue weighted by molar-refractivity contribution is -0.133. The minimum absolute atomic E-state index is 0.111. The number of halogens is 2. The van der Waals surface area contributed by atoms with E-state index in [0.717, 1.165) is 21.4 Å². The highest BCUT2D eigenvalue weighted by atomic mass is 79.9. The van der Waals surface area contributed by atoms with Crippen molar-refractivity contribution in [1.29, 1.82) is 0 Å². The summed E-state index contributed by atoms with van der Waals surface area (Å²) in [5.74, 6) is 0.860. The van der Waals surface area contributed by atoms with E-state index in [4.69, 9.17) is 0 Å². The molecule has 6 nitrogen and oxygen atoms in total. The number of nitrogens with one attached hydrogen (secondary N) is 1. The number of anilines is 1. The fourth-order valence-corrected chi connectivity index (χ4v) is 4.93. The van der Waals surface area contributed by atoms with Crippen LogP contribution in [0.4, 0.5) is 10.2 Å². The highest BCUT2D eigenvalue weighted by Gasteiger charge is 2.35. The van der Waals surface area contributed by atoms with E-state index in [2.05, 4.69) is 50.0 Å². The van der Waals surface area contributed by atoms with E-state index in [-0.39, 0.29) is 17.7 Å². The van der Waals surface area contributed by atoms with Crippen molar-refractivity contribution in [2.45, 2.75) is 51.2 Å². The summed E-state index contributed by atoms with van der Waals surface area (Å²) >= 11 is 3.48. The lowest BCUT2D eigenvalue weighted by Gasteiger charge is -2.38. The summed E-state index contributed by atoms with van der Waals surface area (Å²) in [5, 5.41) is 3.43. The standard InChI is InChI=1S/C24H31BrFN5O/c1-15(2)27-13-19(17-4-6-18(25)7-5-17)24(32)31-10-8-30(9-11-31)23-21-16(3)12-20(26)22(21)28-14-29-23/h4-7,14-16,19-20,27H,8-13H2,1-3H3/t16-,19?,20-/m1/s1. The van der Waals surface area contributed by atoms with Crippen LogP contribution in [0.25, 0.3) is 0 Å². The smallest absolute Gasteiger partial charge is 0.231 e. The fourth-order valence-electron chi connectivity index (χ4n) is 4.67. The second-order valence-corrected chi connectivity index (χ2v) is 10.00. The minimum Gasteiger partial charge on any atom is -0.353 e. The summed E-state index contributed by atoms with van der Waals surface area (Å²) in [6, 6.07) is 8.31. The Kier molecular flexibility index (Phi) is 7.10. The number of fused-ring (bicyclic) bond motifs is 1. The molecule has 2 heterocycles. The Morgan fingerprint density at radius 1 is 1.19 bits per heavy atom. The van der Waals surface area contributed by atoms with Gasteiger partial charge >= 0.3 is 0 Å². The third kappa shape index (κ3) is 4.81. The van der Waals surface area contributed by atoms with Crippen molar-refractivity contribution in [2.75, 3.05) is 37.6 Å². The Labute approximate surface area is 197 Å². The molecule has 0 bridgehead atoms. The lowest BCUT2D eigenvalue weighted by Crippen LogP contribution is -2.51. The third-order valence-corrected chi connectivity index (χ3v) is 6.96. The van der Waals surface area contributed by atoms with Crippen LogP contribution in [0.5, 0.6) is 0 Å². The SMILES string of the molecule is CC(C)NCC(C(=O)N1CCN(c2ncnc3c2[C@H](C)C[C@H]3F)CC1)c1ccc(Br)cc1. The van der Waals surface area contributed by atoms with Crippen molar-refractivity contribution in [3.8, 4) is 0 Å². The van der Waals surface area contributed by atoms with Crippen molar-refractivity contribution in [3.05, 3.63) is 51.9 Å². The van der Waals surface area contributed by atoms with Gasteiger partial charge in [0, 0.05) is 48.8 Å².